The largest absolute Gasteiger partial charge is 0.381 e. The molecule has 2 nitrogen and oxygen atoms in total. The fourth-order valence-electron chi connectivity index (χ4n) is 2.20. The normalized spacial score (nSPS) is 23.1. The van der Waals surface area contributed by atoms with E-state index < -0.39 is 0 Å². The van der Waals surface area contributed by atoms with Gasteiger partial charge in [-0.3, -0.25) is 0 Å². The van der Waals surface area contributed by atoms with Crippen LogP contribution in [0.5, 0.6) is 0 Å². The van der Waals surface area contributed by atoms with Crippen LogP contribution >= 0.6 is 15.9 Å². The van der Waals surface area contributed by atoms with Gasteiger partial charge in [-0.15, -0.1) is 0 Å². The van der Waals surface area contributed by atoms with E-state index in [1.54, 1.807) is 0 Å². The molecule has 88 valence electrons. The van der Waals surface area contributed by atoms with Crippen LogP contribution in [0, 0.1) is 12.8 Å². The molecule has 2 N–H and O–H groups in total. The molecule has 1 heterocycles. The Bertz CT molecular complexity index is 361. The highest BCUT2D eigenvalue weighted by Crippen LogP contribution is 2.28. The number of nitrogens with two attached hydrogens (primary N) is 1. The van der Waals surface area contributed by atoms with Gasteiger partial charge in [0.1, 0.15) is 0 Å². The van der Waals surface area contributed by atoms with Gasteiger partial charge in [0.05, 0.1) is 6.61 Å². The second-order valence-corrected chi connectivity index (χ2v) is 5.37. The Morgan fingerprint density at radius 1 is 1.50 bits per heavy atom. The highest BCUT2D eigenvalue weighted by atomic mass is 79.9. The summed E-state index contributed by atoms with van der Waals surface area (Å²) in [7, 11) is 0. The SMILES string of the molecule is Cc1cc(C(N)C2CCCOC2)ccc1Br. The van der Waals surface area contributed by atoms with Crippen LogP contribution < -0.4 is 5.73 Å². The smallest absolute Gasteiger partial charge is 0.0512 e. The van der Waals surface area contributed by atoms with Gasteiger partial charge in [-0.05, 0) is 37.0 Å². The summed E-state index contributed by atoms with van der Waals surface area (Å²) < 4.78 is 6.63. The Morgan fingerprint density at radius 3 is 2.94 bits per heavy atom. The van der Waals surface area contributed by atoms with Crippen molar-refractivity contribution >= 4 is 15.9 Å². The molecule has 0 spiro atoms. The van der Waals surface area contributed by atoms with Crippen LogP contribution in [-0.4, -0.2) is 13.2 Å². The maximum absolute atomic E-state index is 6.29. The van der Waals surface area contributed by atoms with Gasteiger partial charge in [-0.1, -0.05) is 28.1 Å². The van der Waals surface area contributed by atoms with Gasteiger partial charge in [0.25, 0.3) is 0 Å². The predicted octanol–water partition coefficient (Wildman–Crippen LogP) is 3.18. The molecular formula is C13H18BrNO. The Morgan fingerprint density at radius 2 is 2.31 bits per heavy atom. The summed E-state index contributed by atoms with van der Waals surface area (Å²) in [6.07, 6.45) is 2.31. The molecule has 16 heavy (non-hydrogen) atoms. The molecule has 0 aromatic heterocycles. The van der Waals surface area contributed by atoms with Crippen LogP contribution in [0.2, 0.25) is 0 Å². The minimum atomic E-state index is 0.104. The molecule has 1 saturated heterocycles. The van der Waals surface area contributed by atoms with E-state index in [-0.39, 0.29) is 6.04 Å². The van der Waals surface area contributed by atoms with Crippen molar-refractivity contribution in [2.24, 2.45) is 11.7 Å². The third-order valence-corrected chi connectivity index (χ3v) is 4.16. The van der Waals surface area contributed by atoms with Crippen molar-refractivity contribution < 1.29 is 4.74 Å². The average Bonchev–Trinajstić information content (AvgIpc) is 2.33. The Kier molecular flexibility index (Phi) is 4.00. The third-order valence-electron chi connectivity index (χ3n) is 3.27. The molecule has 2 atom stereocenters. The number of halogens is 1. The molecule has 0 bridgehead atoms. The summed E-state index contributed by atoms with van der Waals surface area (Å²) in [6.45, 7) is 3.79. The van der Waals surface area contributed by atoms with Gasteiger partial charge in [-0.2, -0.15) is 0 Å². The molecule has 1 aliphatic rings. The Balaban J connectivity index is 2.12. The zero-order chi connectivity index (χ0) is 11.5. The highest BCUT2D eigenvalue weighted by molar-refractivity contribution is 9.10. The second kappa shape index (κ2) is 5.30. The van der Waals surface area contributed by atoms with Crippen LogP contribution in [0.3, 0.4) is 0 Å². The first-order valence-corrected chi connectivity index (χ1v) is 6.57. The highest BCUT2D eigenvalue weighted by Gasteiger charge is 2.22. The fourth-order valence-corrected chi connectivity index (χ4v) is 2.44. The van der Waals surface area contributed by atoms with Crippen LogP contribution in [0.1, 0.15) is 30.0 Å². The molecule has 0 aliphatic carbocycles. The van der Waals surface area contributed by atoms with Crippen molar-refractivity contribution in [2.75, 3.05) is 13.2 Å². The first-order valence-electron chi connectivity index (χ1n) is 5.78. The summed E-state index contributed by atoms with van der Waals surface area (Å²) in [6, 6.07) is 6.46. The lowest BCUT2D eigenvalue weighted by molar-refractivity contribution is 0.0447. The van der Waals surface area contributed by atoms with Crippen LogP contribution in [0.4, 0.5) is 0 Å². The lowest BCUT2D eigenvalue weighted by atomic mass is 9.89. The van der Waals surface area contributed by atoms with E-state index in [4.69, 9.17) is 10.5 Å². The van der Waals surface area contributed by atoms with Crippen LogP contribution in [-0.2, 0) is 4.74 Å². The van der Waals surface area contributed by atoms with Gasteiger partial charge < -0.3 is 10.5 Å². The zero-order valence-corrected chi connectivity index (χ0v) is 11.2. The summed E-state index contributed by atoms with van der Waals surface area (Å²) in [5, 5.41) is 0. The van der Waals surface area contributed by atoms with E-state index in [1.165, 1.54) is 17.5 Å². The van der Waals surface area contributed by atoms with Crippen LogP contribution in [0.15, 0.2) is 22.7 Å². The zero-order valence-electron chi connectivity index (χ0n) is 9.58. The maximum atomic E-state index is 6.29. The first kappa shape index (κ1) is 12.1. The topological polar surface area (TPSA) is 35.2 Å². The number of ether oxygens (including phenoxy) is 1. The van der Waals surface area contributed by atoms with Crippen molar-refractivity contribution in [3.05, 3.63) is 33.8 Å². The van der Waals surface area contributed by atoms with Crippen molar-refractivity contribution in [3.63, 3.8) is 0 Å². The summed E-state index contributed by atoms with van der Waals surface area (Å²) in [5.74, 6) is 0.467. The molecule has 0 radical (unpaired) electrons. The predicted molar refractivity (Wildman–Crippen MR) is 69.4 cm³/mol. The van der Waals surface area contributed by atoms with Crippen molar-refractivity contribution in [3.8, 4) is 0 Å². The summed E-state index contributed by atoms with van der Waals surface area (Å²) in [4.78, 5) is 0. The number of aryl methyl sites for hydroxylation is 1. The lowest BCUT2D eigenvalue weighted by Crippen LogP contribution is -2.29. The molecule has 2 rings (SSSR count). The number of hydrogen-bond acceptors (Lipinski definition) is 2. The van der Waals surface area contributed by atoms with Crippen molar-refractivity contribution in [1.82, 2.24) is 0 Å². The monoisotopic (exact) mass is 283 g/mol. The average molecular weight is 284 g/mol. The van der Waals surface area contributed by atoms with Crippen molar-refractivity contribution in [1.29, 1.82) is 0 Å². The molecular weight excluding hydrogens is 266 g/mol. The van der Waals surface area contributed by atoms with Gasteiger partial charge in [-0.25, -0.2) is 0 Å². The Labute approximate surface area is 105 Å². The molecule has 0 saturated carbocycles. The van der Waals surface area contributed by atoms with E-state index in [0.717, 1.165) is 24.1 Å². The standard InChI is InChI=1S/C13H18BrNO/c1-9-7-10(4-5-12(9)14)13(15)11-3-2-6-16-8-11/h4-5,7,11,13H,2-3,6,8,15H2,1H3. The molecule has 1 aliphatic heterocycles. The van der Waals surface area contributed by atoms with Gasteiger partial charge in [0.15, 0.2) is 0 Å². The molecule has 1 aromatic carbocycles. The van der Waals surface area contributed by atoms with E-state index in [0.29, 0.717) is 5.92 Å². The molecule has 2 unspecified atom stereocenters. The molecule has 1 aromatic rings. The molecule has 3 heteroatoms. The maximum Gasteiger partial charge on any atom is 0.0512 e. The quantitative estimate of drug-likeness (QED) is 0.905. The number of rotatable bonds is 2. The van der Waals surface area contributed by atoms with E-state index in [2.05, 4.69) is 41.1 Å². The Hall–Kier alpha value is -0.380. The third kappa shape index (κ3) is 2.65. The second-order valence-electron chi connectivity index (χ2n) is 4.51. The number of benzene rings is 1. The van der Waals surface area contributed by atoms with Gasteiger partial charge >= 0.3 is 0 Å². The van der Waals surface area contributed by atoms with E-state index >= 15 is 0 Å². The van der Waals surface area contributed by atoms with Gasteiger partial charge in [0, 0.05) is 23.0 Å². The molecule has 0 amide bonds. The first-order chi connectivity index (χ1) is 7.68. The fraction of sp³-hybridized carbons (Fsp3) is 0.538. The number of hydrogen-bond donors (Lipinski definition) is 1. The summed E-state index contributed by atoms with van der Waals surface area (Å²) >= 11 is 3.51. The minimum Gasteiger partial charge on any atom is -0.381 e. The lowest BCUT2D eigenvalue weighted by Gasteiger charge is -2.28. The van der Waals surface area contributed by atoms with E-state index in [9.17, 15) is 0 Å². The van der Waals surface area contributed by atoms with Crippen molar-refractivity contribution in [2.45, 2.75) is 25.8 Å². The van der Waals surface area contributed by atoms with Crippen LogP contribution in [0.25, 0.3) is 0 Å². The molecule has 1 fully saturated rings. The van der Waals surface area contributed by atoms with Gasteiger partial charge in [0.2, 0.25) is 0 Å². The van der Waals surface area contributed by atoms with E-state index in [1.807, 2.05) is 0 Å². The summed E-state index contributed by atoms with van der Waals surface area (Å²) in [5.41, 5.74) is 8.75. The minimum absolute atomic E-state index is 0.104.